The number of nitrogens with one attached hydrogen (secondary N) is 1. The Balaban J connectivity index is 1.82. The second-order valence-corrected chi connectivity index (χ2v) is 7.71. The Morgan fingerprint density at radius 2 is 2.32 bits per heavy atom. The summed E-state index contributed by atoms with van der Waals surface area (Å²) in [6.45, 7) is 10.3. The van der Waals surface area contributed by atoms with Crippen LogP contribution in [0.4, 0.5) is 5.13 Å². The van der Waals surface area contributed by atoms with E-state index in [2.05, 4.69) is 31.0 Å². The van der Waals surface area contributed by atoms with Crippen molar-refractivity contribution >= 4 is 16.5 Å². The van der Waals surface area contributed by atoms with Crippen LogP contribution in [-0.4, -0.2) is 24.6 Å². The minimum Gasteiger partial charge on any atom is -0.348 e. The van der Waals surface area contributed by atoms with Crippen LogP contribution in [0.2, 0.25) is 0 Å². The first-order chi connectivity index (χ1) is 9.09. The summed E-state index contributed by atoms with van der Waals surface area (Å²) in [7, 11) is 0. The fraction of sp³-hybridized carbons (Fsp3) is 0.800. The number of fused-ring (bicyclic) bond motifs is 1. The zero-order valence-electron chi connectivity index (χ0n) is 12.3. The third-order valence-corrected chi connectivity index (χ3v) is 5.53. The Morgan fingerprint density at radius 1 is 1.47 bits per heavy atom. The molecular weight excluding hydrogens is 254 g/mol. The maximum Gasteiger partial charge on any atom is 0.185 e. The minimum absolute atomic E-state index is 0.452. The third-order valence-electron chi connectivity index (χ3n) is 4.34. The fourth-order valence-electron chi connectivity index (χ4n) is 3.26. The van der Waals surface area contributed by atoms with Gasteiger partial charge in [0.25, 0.3) is 0 Å². The molecule has 1 fully saturated rings. The molecule has 0 amide bonds. The smallest absolute Gasteiger partial charge is 0.185 e. The van der Waals surface area contributed by atoms with E-state index in [0.29, 0.717) is 11.5 Å². The topological polar surface area (TPSA) is 28.2 Å². The summed E-state index contributed by atoms with van der Waals surface area (Å²) >= 11 is 1.94. The number of aromatic nitrogens is 1. The standard InChI is InChI=1S/C15H25N3S/c1-4-16-11-6-5-7-12-13(11)17-14(19-12)18-9-8-15(2,3)10-18/h11,16H,4-10H2,1-3H3. The van der Waals surface area contributed by atoms with Gasteiger partial charge in [-0.05, 0) is 37.6 Å². The van der Waals surface area contributed by atoms with Crippen molar-refractivity contribution in [2.45, 2.75) is 52.5 Å². The summed E-state index contributed by atoms with van der Waals surface area (Å²) in [4.78, 5) is 9.00. The molecule has 1 aliphatic carbocycles. The fourth-order valence-corrected chi connectivity index (χ4v) is 4.45. The molecule has 2 heterocycles. The van der Waals surface area contributed by atoms with Crippen molar-refractivity contribution in [2.24, 2.45) is 5.41 Å². The van der Waals surface area contributed by atoms with Gasteiger partial charge >= 0.3 is 0 Å². The van der Waals surface area contributed by atoms with Crippen molar-refractivity contribution in [3.05, 3.63) is 10.6 Å². The molecule has 1 atom stereocenters. The van der Waals surface area contributed by atoms with E-state index in [9.17, 15) is 0 Å². The molecule has 1 unspecified atom stereocenters. The number of aryl methyl sites for hydroxylation is 1. The highest BCUT2D eigenvalue weighted by atomic mass is 32.1. The molecule has 1 aromatic rings. The van der Waals surface area contributed by atoms with E-state index in [1.165, 1.54) is 47.9 Å². The number of rotatable bonds is 3. The normalized spacial score (nSPS) is 25.6. The molecule has 3 rings (SSSR count). The lowest BCUT2D eigenvalue weighted by Gasteiger charge is -2.21. The summed E-state index contributed by atoms with van der Waals surface area (Å²) in [5, 5.41) is 4.85. The molecule has 3 nitrogen and oxygen atoms in total. The minimum atomic E-state index is 0.452. The van der Waals surface area contributed by atoms with Crippen molar-refractivity contribution in [1.29, 1.82) is 0 Å². The Hall–Kier alpha value is -0.610. The highest BCUT2D eigenvalue weighted by molar-refractivity contribution is 7.15. The zero-order chi connectivity index (χ0) is 13.5. The Kier molecular flexibility index (Phi) is 3.56. The van der Waals surface area contributed by atoms with Gasteiger partial charge in [0.2, 0.25) is 0 Å². The number of thiazole rings is 1. The van der Waals surface area contributed by atoms with Gasteiger partial charge in [0.15, 0.2) is 5.13 Å². The second-order valence-electron chi connectivity index (χ2n) is 6.64. The summed E-state index contributed by atoms with van der Waals surface area (Å²) in [5.41, 5.74) is 1.80. The van der Waals surface area contributed by atoms with Crippen LogP contribution in [0.3, 0.4) is 0 Å². The molecule has 0 saturated carbocycles. The monoisotopic (exact) mass is 279 g/mol. The zero-order valence-corrected chi connectivity index (χ0v) is 13.1. The van der Waals surface area contributed by atoms with Crippen molar-refractivity contribution in [3.8, 4) is 0 Å². The molecule has 1 saturated heterocycles. The number of hydrogen-bond donors (Lipinski definition) is 1. The van der Waals surface area contributed by atoms with Crippen LogP contribution >= 0.6 is 11.3 Å². The average Bonchev–Trinajstić information content (AvgIpc) is 2.93. The van der Waals surface area contributed by atoms with Gasteiger partial charge in [0.05, 0.1) is 11.7 Å². The second kappa shape index (κ2) is 5.06. The van der Waals surface area contributed by atoms with Crippen LogP contribution in [0.15, 0.2) is 0 Å². The van der Waals surface area contributed by atoms with Crippen LogP contribution in [0.5, 0.6) is 0 Å². The molecule has 19 heavy (non-hydrogen) atoms. The Labute approximate surface area is 120 Å². The number of hydrogen-bond acceptors (Lipinski definition) is 4. The Bertz CT molecular complexity index is 452. The number of anilines is 1. The van der Waals surface area contributed by atoms with Crippen LogP contribution < -0.4 is 10.2 Å². The van der Waals surface area contributed by atoms with E-state index >= 15 is 0 Å². The van der Waals surface area contributed by atoms with Gasteiger partial charge in [-0.3, -0.25) is 0 Å². The largest absolute Gasteiger partial charge is 0.348 e. The molecular formula is C15H25N3S. The average molecular weight is 279 g/mol. The van der Waals surface area contributed by atoms with Gasteiger partial charge in [-0.1, -0.05) is 20.8 Å². The van der Waals surface area contributed by atoms with E-state index < -0.39 is 0 Å². The first-order valence-corrected chi connectivity index (χ1v) is 8.38. The molecule has 2 aliphatic rings. The molecule has 106 valence electrons. The predicted octanol–water partition coefficient (Wildman–Crippen LogP) is 3.37. The van der Waals surface area contributed by atoms with Crippen molar-refractivity contribution in [2.75, 3.05) is 24.5 Å². The van der Waals surface area contributed by atoms with Gasteiger partial charge in [-0.25, -0.2) is 4.98 Å². The van der Waals surface area contributed by atoms with Gasteiger partial charge in [-0.15, -0.1) is 11.3 Å². The lowest BCUT2D eigenvalue weighted by Crippen LogP contribution is -2.25. The SMILES string of the molecule is CCNC1CCCc2sc(N3CCC(C)(C)C3)nc21. The lowest BCUT2D eigenvalue weighted by atomic mass is 9.93. The van der Waals surface area contributed by atoms with Crippen LogP contribution in [0.25, 0.3) is 0 Å². The van der Waals surface area contributed by atoms with Crippen LogP contribution in [0, 0.1) is 5.41 Å². The van der Waals surface area contributed by atoms with E-state index in [0.717, 1.165) is 13.1 Å². The molecule has 1 aromatic heterocycles. The summed E-state index contributed by atoms with van der Waals surface area (Å²) in [6.07, 6.45) is 5.06. The Morgan fingerprint density at radius 3 is 3.00 bits per heavy atom. The molecule has 0 bridgehead atoms. The maximum absolute atomic E-state index is 4.98. The van der Waals surface area contributed by atoms with E-state index in [1.54, 1.807) is 0 Å². The third kappa shape index (κ3) is 2.65. The molecule has 1 N–H and O–H groups in total. The van der Waals surface area contributed by atoms with E-state index in [4.69, 9.17) is 4.98 Å². The highest BCUT2D eigenvalue weighted by Gasteiger charge is 2.32. The summed E-state index contributed by atoms with van der Waals surface area (Å²) in [6, 6.07) is 0.495. The molecule has 4 heteroatoms. The van der Waals surface area contributed by atoms with Crippen LogP contribution in [-0.2, 0) is 6.42 Å². The van der Waals surface area contributed by atoms with Crippen molar-refractivity contribution in [1.82, 2.24) is 10.3 Å². The van der Waals surface area contributed by atoms with Gasteiger partial charge in [0, 0.05) is 18.0 Å². The molecule has 0 radical (unpaired) electrons. The lowest BCUT2D eigenvalue weighted by molar-refractivity contribution is 0.418. The van der Waals surface area contributed by atoms with Gasteiger partial charge in [-0.2, -0.15) is 0 Å². The van der Waals surface area contributed by atoms with Crippen LogP contribution in [0.1, 0.15) is 56.6 Å². The van der Waals surface area contributed by atoms with Gasteiger partial charge in [0.1, 0.15) is 0 Å². The van der Waals surface area contributed by atoms with Crippen molar-refractivity contribution < 1.29 is 0 Å². The first-order valence-electron chi connectivity index (χ1n) is 7.57. The summed E-state index contributed by atoms with van der Waals surface area (Å²) in [5.74, 6) is 0. The maximum atomic E-state index is 4.98. The predicted molar refractivity (Wildman–Crippen MR) is 82.1 cm³/mol. The summed E-state index contributed by atoms with van der Waals surface area (Å²) < 4.78 is 0. The van der Waals surface area contributed by atoms with Gasteiger partial charge < -0.3 is 10.2 Å². The molecule has 0 spiro atoms. The quantitative estimate of drug-likeness (QED) is 0.919. The number of nitrogens with zero attached hydrogens (tertiary/aromatic N) is 2. The van der Waals surface area contributed by atoms with E-state index in [1.807, 2.05) is 11.3 Å². The highest BCUT2D eigenvalue weighted by Crippen LogP contribution is 2.40. The molecule has 1 aliphatic heterocycles. The first kappa shape index (κ1) is 13.4. The van der Waals surface area contributed by atoms with Crippen molar-refractivity contribution in [3.63, 3.8) is 0 Å². The van der Waals surface area contributed by atoms with E-state index in [-0.39, 0.29) is 0 Å². The molecule has 0 aromatic carbocycles.